The van der Waals surface area contributed by atoms with Crippen molar-refractivity contribution in [2.75, 3.05) is 19.8 Å². The summed E-state index contributed by atoms with van der Waals surface area (Å²) >= 11 is 0. The lowest BCUT2D eigenvalue weighted by molar-refractivity contribution is 0.297. The van der Waals surface area contributed by atoms with Gasteiger partial charge in [-0.25, -0.2) is 4.39 Å². The molecule has 1 aromatic heterocycles. The van der Waals surface area contributed by atoms with E-state index in [-0.39, 0.29) is 5.82 Å². The Kier molecular flexibility index (Phi) is 5.58. The monoisotopic (exact) mass is 381 g/mol. The first kappa shape index (κ1) is 18.5. The minimum absolute atomic E-state index is 0.154. The maximum absolute atomic E-state index is 13.7. The molecule has 0 aliphatic carbocycles. The highest BCUT2D eigenvalue weighted by Crippen LogP contribution is 2.34. The molecule has 1 aliphatic rings. The molecule has 0 spiro atoms. The van der Waals surface area contributed by atoms with Crippen LogP contribution in [0.25, 0.3) is 11.3 Å². The Morgan fingerprint density at radius 3 is 2.75 bits per heavy atom. The molecule has 1 aliphatic heterocycles. The zero-order valence-electron chi connectivity index (χ0n) is 16.0. The predicted octanol–water partition coefficient (Wildman–Crippen LogP) is 3.72. The summed E-state index contributed by atoms with van der Waals surface area (Å²) in [6, 6.07) is 12.8. The Balaban J connectivity index is 1.45. The second kappa shape index (κ2) is 8.44. The van der Waals surface area contributed by atoms with Crippen LogP contribution in [0.15, 0.2) is 48.7 Å². The maximum Gasteiger partial charge on any atom is 0.161 e. The summed E-state index contributed by atoms with van der Waals surface area (Å²) in [6.45, 7) is 2.68. The third-order valence-electron chi connectivity index (χ3n) is 4.77. The van der Waals surface area contributed by atoms with Crippen molar-refractivity contribution in [3.63, 3.8) is 0 Å². The maximum atomic E-state index is 13.7. The van der Waals surface area contributed by atoms with E-state index >= 15 is 0 Å². The predicted molar refractivity (Wildman–Crippen MR) is 106 cm³/mol. The molecule has 6 heteroatoms. The van der Waals surface area contributed by atoms with Crippen molar-refractivity contribution in [1.82, 2.24) is 15.1 Å². The van der Waals surface area contributed by atoms with Crippen LogP contribution in [-0.4, -0.2) is 29.5 Å². The SMILES string of the molecule is Cn1cc(CNCCc2ccccc2F)c(-c2ccc3c(c2)OCCCO3)n1. The fourth-order valence-electron chi connectivity index (χ4n) is 3.37. The van der Waals surface area contributed by atoms with E-state index in [1.54, 1.807) is 6.07 Å². The Bertz CT molecular complexity index is 955. The van der Waals surface area contributed by atoms with E-state index in [4.69, 9.17) is 9.47 Å². The lowest BCUT2D eigenvalue weighted by Crippen LogP contribution is -2.17. The number of benzene rings is 2. The van der Waals surface area contributed by atoms with Gasteiger partial charge in [0.05, 0.1) is 18.9 Å². The first-order valence-electron chi connectivity index (χ1n) is 9.57. The second-order valence-corrected chi connectivity index (χ2v) is 6.91. The number of aromatic nitrogens is 2. The van der Waals surface area contributed by atoms with Gasteiger partial charge < -0.3 is 14.8 Å². The van der Waals surface area contributed by atoms with Crippen molar-refractivity contribution in [1.29, 1.82) is 0 Å². The van der Waals surface area contributed by atoms with Crippen LogP contribution >= 0.6 is 0 Å². The van der Waals surface area contributed by atoms with Gasteiger partial charge in [-0.2, -0.15) is 5.10 Å². The highest BCUT2D eigenvalue weighted by Gasteiger charge is 2.15. The van der Waals surface area contributed by atoms with Crippen LogP contribution < -0.4 is 14.8 Å². The van der Waals surface area contributed by atoms with Crippen molar-refractivity contribution in [2.24, 2.45) is 7.05 Å². The van der Waals surface area contributed by atoms with Gasteiger partial charge in [0.1, 0.15) is 5.82 Å². The molecule has 1 N–H and O–H groups in total. The van der Waals surface area contributed by atoms with Gasteiger partial charge in [-0.3, -0.25) is 4.68 Å². The molecule has 146 valence electrons. The summed E-state index contributed by atoms with van der Waals surface area (Å²) < 4.78 is 27.1. The Morgan fingerprint density at radius 1 is 1.07 bits per heavy atom. The summed E-state index contributed by atoms with van der Waals surface area (Å²) in [5, 5.41) is 8.02. The summed E-state index contributed by atoms with van der Waals surface area (Å²) in [5.74, 6) is 1.39. The normalized spacial score (nSPS) is 13.4. The smallest absolute Gasteiger partial charge is 0.161 e. The van der Waals surface area contributed by atoms with E-state index in [0.29, 0.717) is 32.7 Å². The Labute approximate surface area is 164 Å². The van der Waals surface area contributed by atoms with Crippen LogP contribution in [0.3, 0.4) is 0 Å². The van der Waals surface area contributed by atoms with E-state index in [9.17, 15) is 4.39 Å². The molecule has 28 heavy (non-hydrogen) atoms. The first-order chi connectivity index (χ1) is 13.7. The molecule has 4 rings (SSSR count). The molecule has 0 radical (unpaired) electrons. The molecular weight excluding hydrogens is 357 g/mol. The number of hydrogen-bond donors (Lipinski definition) is 1. The van der Waals surface area contributed by atoms with Crippen LogP contribution in [0.2, 0.25) is 0 Å². The van der Waals surface area contributed by atoms with Crippen LogP contribution in [0.4, 0.5) is 4.39 Å². The molecule has 5 nitrogen and oxygen atoms in total. The van der Waals surface area contributed by atoms with Crippen LogP contribution in [-0.2, 0) is 20.0 Å². The van der Waals surface area contributed by atoms with Crippen molar-refractivity contribution >= 4 is 0 Å². The topological polar surface area (TPSA) is 48.3 Å². The lowest BCUT2D eigenvalue weighted by atomic mass is 10.1. The molecule has 2 heterocycles. The number of hydrogen-bond acceptors (Lipinski definition) is 4. The largest absolute Gasteiger partial charge is 0.490 e. The second-order valence-electron chi connectivity index (χ2n) is 6.91. The van der Waals surface area contributed by atoms with Gasteiger partial charge in [0.25, 0.3) is 0 Å². The Hall–Kier alpha value is -2.86. The summed E-state index contributed by atoms with van der Waals surface area (Å²) in [5.41, 5.74) is 3.72. The molecule has 2 aromatic carbocycles. The van der Waals surface area contributed by atoms with E-state index in [0.717, 1.165) is 40.3 Å². The standard InChI is InChI=1S/C22H24FN3O2/c1-26-15-18(14-24-10-9-16-5-2-3-6-19(16)23)22(25-26)17-7-8-20-21(13-17)28-12-4-11-27-20/h2-3,5-8,13,15,24H,4,9-12,14H2,1H3. The molecule has 0 bridgehead atoms. The molecule has 0 atom stereocenters. The third kappa shape index (κ3) is 4.17. The van der Waals surface area contributed by atoms with Crippen molar-refractivity contribution < 1.29 is 13.9 Å². The Morgan fingerprint density at radius 2 is 1.89 bits per heavy atom. The number of rotatable bonds is 6. The van der Waals surface area contributed by atoms with Crippen molar-refractivity contribution in [3.8, 4) is 22.8 Å². The van der Waals surface area contributed by atoms with Crippen molar-refractivity contribution in [2.45, 2.75) is 19.4 Å². The van der Waals surface area contributed by atoms with Gasteiger partial charge in [0.2, 0.25) is 0 Å². The third-order valence-corrected chi connectivity index (χ3v) is 4.77. The summed E-state index contributed by atoms with van der Waals surface area (Å²) in [4.78, 5) is 0. The van der Waals surface area contributed by atoms with Crippen molar-refractivity contribution in [3.05, 3.63) is 65.6 Å². The van der Waals surface area contributed by atoms with E-state index in [1.165, 1.54) is 6.07 Å². The lowest BCUT2D eigenvalue weighted by Gasteiger charge is -2.10. The number of fused-ring (bicyclic) bond motifs is 1. The zero-order chi connectivity index (χ0) is 19.3. The minimum Gasteiger partial charge on any atom is -0.490 e. The van der Waals surface area contributed by atoms with E-state index in [2.05, 4.69) is 10.4 Å². The van der Waals surface area contributed by atoms with Gasteiger partial charge in [-0.05, 0) is 42.8 Å². The van der Waals surface area contributed by atoms with Gasteiger partial charge in [-0.1, -0.05) is 18.2 Å². The molecular formula is C22H24FN3O2. The van der Waals surface area contributed by atoms with Crippen LogP contribution in [0.1, 0.15) is 17.5 Å². The minimum atomic E-state index is -0.154. The average Bonchev–Trinajstić information content (AvgIpc) is 2.92. The van der Waals surface area contributed by atoms with Gasteiger partial charge in [0.15, 0.2) is 11.5 Å². The quantitative estimate of drug-likeness (QED) is 0.661. The fraction of sp³-hybridized carbons (Fsp3) is 0.318. The number of halogens is 1. The zero-order valence-corrected chi connectivity index (χ0v) is 16.0. The number of ether oxygens (including phenoxy) is 2. The molecule has 3 aromatic rings. The molecule has 0 saturated carbocycles. The first-order valence-corrected chi connectivity index (χ1v) is 9.57. The number of nitrogens with one attached hydrogen (secondary N) is 1. The molecule has 0 unspecified atom stereocenters. The average molecular weight is 381 g/mol. The fourth-order valence-corrected chi connectivity index (χ4v) is 3.37. The number of aryl methyl sites for hydroxylation is 1. The summed E-state index contributed by atoms with van der Waals surface area (Å²) in [6.07, 6.45) is 3.53. The highest BCUT2D eigenvalue weighted by atomic mass is 19.1. The van der Waals surface area contributed by atoms with E-state index in [1.807, 2.05) is 48.3 Å². The van der Waals surface area contributed by atoms with Crippen LogP contribution in [0, 0.1) is 5.82 Å². The molecule has 0 saturated heterocycles. The van der Waals surface area contributed by atoms with Gasteiger partial charge in [0, 0.05) is 37.3 Å². The number of nitrogens with zero attached hydrogens (tertiary/aromatic N) is 2. The van der Waals surface area contributed by atoms with Gasteiger partial charge in [-0.15, -0.1) is 0 Å². The molecule has 0 fully saturated rings. The highest BCUT2D eigenvalue weighted by molar-refractivity contribution is 5.66. The van der Waals surface area contributed by atoms with Gasteiger partial charge >= 0.3 is 0 Å². The van der Waals surface area contributed by atoms with Crippen LogP contribution in [0.5, 0.6) is 11.5 Å². The van der Waals surface area contributed by atoms with E-state index < -0.39 is 0 Å². The summed E-state index contributed by atoms with van der Waals surface area (Å²) in [7, 11) is 1.91. The molecule has 0 amide bonds.